The van der Waals surface area contributed by atoms with Crippen LogP contribution in [0.5, 0.6) is 0 Å². The third-order valence-electron chi connectivity index (χ3n) is 2.71. The Morgan fingerprint density at radius 1 is 1.21 bits per heavy atom. The Morgan fingerprint density at radius 2 is 1.71 bits per heavy atom. The lowest BCUT2D eigenvalue weighted by Crippen LogP contribution is -2.11. The van der Waals surface area contributed by atoms with E-state index in [2.05, 4.69) is 13.8 Å². The molecule has 0 bridgehead atoms. The van der Waals surface area contributed by atoms with Crippen LogP contribution in [0.15, 0.2) is 24.3 Å². The number of rotatable bonds is 4. The van der Waals surface area contributed by atoms with Crippen LogP contribution in [0.1, 0.15) is 43.4 Å². The first-order valence-electron chi connectivity index (χ1n) is 5.10. The summed E-state index contributed by atoms with van der Waals surface area (Å²) in [4.78, 5) is 0. The van der Waals surface area contributed by atoms with Gasteiger partial charge in [0.2, 0.25) is 0 Å². The van der Waals surface area contributed by atoms with E-state index >= 15 is 0 Å². The fourth-order valence-electron chi connectivity index (χ4n) is 1.40. The topological polar surface area (TPSA) is 26.0 Å². The molecule has 2 atom stereocenters. The van der Waals surface area contributed by atoms with Crippen LogP contribution < -0.4 is 5.73 Å². The minimum Gasteiger partial charge on any atom is -0.322 e. The van der Waals surface area contributed by atoms with Crippen molar-refractivity contribution in [3.05, 3.63) is 35.4 Å². The highest BCUT2D eigenvalue weighted by atomic mass is 19.1. The zero-order valence-electron chi connectivity index (χ0n) is 8.83. The molecule has 0 aromatic heterocycles. The highest BCUT2D eigenvalue weighted by molar-refractivity contribution is 5.26. The van der Waals surface area contributed by atoms with Gasteiger partial charge in [-0.05, 0) is 23.5 Å². The fraction of sp³-hybridized carbons (Fsp3) is 0.500. The van der Waals surface area contributed by atoms with E-state index in [1.165, 1.54) is 5.56 Å². The van der Waals surface area contributed by atoms with Gasteiger partial charge in [-0.15, -0.1) is 0 Å². The van der Waals surface area contributed by atoms with Crippen molar-refractivity contribution in [2.45, 2.75) is 32.2 Å². The van der Waals surface area contributed by atoms with Gasteiger partial charge >= 0.3 is 0 Å². The van der Waals surface area contributed by atoms with Gasteiger partial charge in [0.1, 0.15) is 6.67 Å². The molecule has 1 aromatic rings. The third-order valence-corrected chi connectivity index (χ3v) is 2.71. The van der Waals surface area contributed by atoms with E-state index in [1.807, 2.05) is 24.3 Å². The number of halogens is 1. The summed E-state index contributed by atoms with van der Waals surface area (Å²) in [6.45, 7) is 3.85. The normalized spacial score (nSPS) is 15.1. The summed E-state index contributed by atoms with van der Waals surface area (Å²) in [7, 11) is 0. The molecule has 0 heterocycles. The van der Waals surface area contributed by atoms with Crippen LogP contribution in [-0.2, 0) is 0 Å². The molecule has 0 aliphatic carbocycles. The van der Waals surface area contributed by atoms with Gasteiger partial charge in [0, 0.05) is 0 Å². The van der Waals surface area contributed by atoms with E-state index < -0.39 is 12.7 Å². The first kappa shape index (κ1) is 11.2. The standard InChI is InChI=1S/C12H18FN/c1-3-9(2)10-4-6-11(7-5-10)12(14)8-13/h4-7,9,12H,3,8,14H2,1-2H3. The molecule has 1 aromatic carbocycles. The molecule has 0 aliphatic heterocycles. The van der Waals surface area contributed by atoms with Gasteiger partial charge in [-0.2, -0.15) is 0 Å². The Bertz CT molecular complexity index is 239. The van der Waals surface area contributed by atoms with Crippen molar-refractivity contribution in [2.75, 3.05) is 6.67 Å². The predicted molar refractivity (Wildman–Crippen MR) is 58.1 cm³/mol. The van der Waals surface area contributed by atoms with Crippen molar-refractivity contribution in [2.24, 2.45) is 5.73 Å². The van der Waals surface area contributed by atoms with Crippen LogP contribution in [0.4, 0.5) is 4.39 Å². The molecule has 0 amide bonds. The second-order valence-corrected chi connectivity index (χ2v) is 3.74. The van der Waals surface area contributed by atoms with Gasteiger partial charge in [0.25, 0.3) is 0 Å². The zero-order valence-corrected chi connectivity index (χ0v) is 8.83. The molecule has 2 unspecified atom stereocenters. The number of nitrogens with two attached hydrogens (primary N) is 1. The smallest absolute Gasteiger partial charge is 0.109 e. The van der Waals surface area contributed by atoms with E-state index in [4.69, 9.17) is 5.73 Å². The highest BCUT2D eigenvalue weighted by Gasteiger charge is 2.06. The van der Waals surface area contributed by atoms with Crippen molar-refractivity contribution < 1.29 is 4.39 Å². The second kappa shape index (κ2) is 5.11. The molecule has 2 heteroatoms. The predicted octanol–water partition coefficient (Wildman–Crippen LogP) is 3.17. The van der Waals surface area contributed by atoms with Crippen LogP contribution in [0.3, 0.4) is 0 Å². The van der Waals surface area contributed by atoms with E-state index in [-0.39, 0.29) is 0 Å². The highest BCUT2D eigenvalue weighted by Crippen LogP contribution is 2.20. The Morgan fingerprint density at radius 3 is 2.14 bits per heavy atom. The average molecular weight is 195 g/mol. The lowest BCUT2D eigenvalue weighted by atomic mass is 9.96. The Labute approximate surface area is 85.1 Å². The van der Waals surface area contributed by atoms with Crippen LogP contribution in [0.25, 0.3) is 0 Å². The van der Waals surface area contributed by atoms with E-state index in [0.717, 1.165) is 12.0 Å². The maximum Gasteiger partial charge on any atom is 0.109 e. The molecule has 78 valence electrons. The molecule has 0 aliphatic rings. The molecule has 0 saturated carbocycles. The van der Waals surface area contributed by atoms with E-state index in [9.17, 15) is 4.39 Å². The molecule has 1 nitrogen and oxygen atoms in total. The van der Waals surface area contributed by atoms with Gasteiger partial charge in [-0.3, -0.25) is 0 Å². The lowest BCUT2D eigenvalue weighted by Gasteiger charge is -2.11. The molecule has 14 heavy (non-hydrogen) atoms. The monoisotopic (exact) mass is 195 g/mol. The Hall–Kier alpha value is -0.890. The summed E-state index contributed by atoms with van der Waals surface area (Å²) >= 11 is 0. The summed E-state index contributed by atoms with van der Waals surface area (Å²) in [6.07, 6.45) is 1.12. The molecule has 1 rings (SSSR count). The molecule has 0 spiro atoms. The molecule has 0 radical (unpaired) electrons. The summed E-state index contributed by atoms with van der Waals surface area (Å²) in [5.41, 5.74) is 7.75. The first-order valence-corrected chi connectivity index (χ1v) is 5.10. The number of alkyl halides is 1. The number of benzene rings is 1. The van der Waals surface area contributed by atoms with E-state index in [1.54, 1.807) is 0 Å². The zero-order chi connectivity index (χ0) is 10.6. The summed E-state index contributed by atoms with van der Waals surface area (Å²) < 4.78 is 12.3. The molecule has 2 N–H and O–H groups in total. The van der Waals surface area contributed by atoms with Crippen LogP contribution in [0, 0.1) is 0 Å². The van der Waals surface area contributed by atoms with Gasteiger partial charge in [0.15, 0.2) is 0 Å². The minimum absolute atomic E-state index is 0.471. The van der Waals surface area contributed by atoms with Crippen LogP contribution >= 0.6 is 0 Å². The first-order chi connectivity index (χ1) is 6.69. The van der Waals surface area contributed by atoms with E-state index in [0.29, 0.717) is 5.92 Å². The van der Waals surface area contributed by atoms with Crippen LogP contribution in [0.2, 0.25) is 0 Å². The summed E-state index contributed by atoms with van der Waals surface area (Å²) in [5, 5.41) is 0. The van der Waals surface area contributed by atoms with Crippen molar-refractivity contribution >= 4 is 0 Å². The molecule has 0 saturated heterocycles. The van der Waals surface area contributed by atoms with Gasteiger partial charge in [-0.25, -0.2) is 4.39 Å². The van der Waals surface area contributed by atoms with Gasteiger partial charge in [-0.1, -0.05) is 38.1 Å². The minimum atomic E-state index is -0.497. The quantitative estimate of drug-likeness (QED) is 0.784. The molecular formula is C12H18FN. The largest absolute Gasteiger partial charge is 0.322 e. The van der Waals surface area contributed by atoms with Gasteiger partial charge < -0.3 is 5.73 Å². The maximum atomic E-state index is 12.3. The number of hydrogen-bond donors (Lipinski definition) is 1. The van der Waals surface area contributed by atoms with Crippen LogP contribution in [-0.4, -0.2) is 6.67 Å². The summed E-state index contributed by atoms with van der Waals surface area (Å²) in [5.74, 6) is 0.561. The molecular weight excluding hydrogens is 177 g/mol. The maximum absolute atomic E-state index is 12.3. The average Bonchev–Trinajstić information content (AvgIpc) is 2.27. The Kier molecular flexibility index (Phi) is 4.08. The van der Waals surface area contributed by atoms with Gasteiger partial charge in [0.05, 0.1) is 6.04 Å². The van der Waals surface area contributed by atoms with Crippen molar-refractivity contribution in [3.8, 4) is 0 Å². The summed E-state index contributed by atoms with van der Waals surface area (Å²) in [6, 6.07) is 7.45. The fourth-order valence-corrected chi connectivity index (χ4v) is 1.40. The van der Waals surface area contributed by atoms with Crippen molar-refractivity contribution in [3.63, 3.8) is 0 Å². The Balaban J connectivity index is 2.78. The second-order valence-electron chi connectivity index (χ2n) is 3.74. The third kappa shape index (κ3) is 2.55. The SMILES string of the molecule is CCC(C)c1ccc(C(N)CF)cc1. The lowest BCUT2D eigenvalue weighted by molar-refractivity contribution is 0.437. The van der Waals surface area contributed by atoms with Crippen molar-refractivity contribution in [1.29, 1.82) is 0 Å². The number of hydrogen-bond acceptors (Lipinski definition) is 1. The van der Waals surface area contributed by atoms with Crippen molar-refractivity contribution in [1.82, 2.24) is 0 Å². The molecule has 0 fully saturated rings.